The second-order valence-corrected chi connectivity index (χ2v) is 14.3. The normalized spacial score (nSPS) is 24.0. The molecule has 5 atom stereocenters. The molecule has 1 aromatic heterocycles. The van der Waals surface area contributed by atoms with E-state index in [1.54, 1.807) is 4.57 Å². The van der Waals surface area contributed by atoms with Crippen LogP contribution in [-0.2, 0) is 11.3 Å². The third kappa shape index (κ3) is 7.15. The molecule has 1 aliphatic carbocycles. The third-order valence-electron chi connectivity index (χ3n) is 10.6. The highest BCUT2D eigenvalue weighted by Crippen LogP contribution is 2.45. The van der Waals surface area contributed by atoms with Gasteiger partial charge in [-0.1, -0.05) is 73.7 Å². The maximum absolute atomic E-state index is 13.8. The lowest BCUT2D eigenvalue weighted by atomic mass is 9.92. The Labute approximate surface area is 291 Å². The number of benzene rings is 3. The summed E-state index contributed by atoms with van der Waals surface area (Å²) in [5.74, 6) is 0.919. The van der Waals surface area contributed by atoms with Crippen LogP contribution in [-0.4, -0.2) is 52.2 Å². The van der Waals surface area contributed by atoms with Crippen LogP contribution in [0.1, 0.15) is 48.4 Å². The van der Waals surface area contributed by atoms with E-state index in [-0.39, 0.29) is 18.1 Å². The molecule has 0 bridgehead atoms. The number of likely N-dealkylation sites (tertiary alicyclic amines) is 1. The van der Waals surface area contributed by atoms with Crippen molar-refractivity contribution in [3.63, 3.8) is 0 Å². The Balaban J connectivity index is 1.16. The molecule has 3 heterocycles. The minimum absolute atomic E-state index is 0.0896. The van der Waals surface area contributed by atoms with E-state index in [2.05, 4.69) is 36.6 Å². The van der Waals surface area contributed by atoms with Gasteiger partial charge in [-0.3, -0.25) is 14.3 Å². The maximum atomic E-state index is 13.8. The number of hydrogen-bond donors (Lipinski definition) is 1. The summed E-state index contributed by atoms with van der Waals surface area (Å²) in [6.07, 6.45) is 2.43. The fourth-order valence-electron chi connectivity index (χ4n) is 7.48. The van der Waals surface area contributed by atoms with Crippen molar-refractivity contribution in [1.29, 1.82) is 0 Å². The van der Waals surface area contributed by atoms with Crippen LogP contribution >= 0.6 is 0 Å². The minimum Gasteiger partial charge on any atom is -0.392 e. The first-order valence-electron chi connectivity index (χ1n) is 17.4. The second kappa shape index (κ2) is 13.5. The molecular weight excluding hydrogens is 637 g/mol. The van der Waals surface area contributed by atoms with Crippen molar-refractivity contribution in [3.05, 3.63) is 129 Å². The van der Waals surface area contributed by atoms with Crippen LogP contribution in [0.3, 0.4) is 0 Å². The average molecular weight is 681 g/mol. The van der Waals surface area contributed by atoms with Crippen LogP contribution in [0.25, 0.3) is 33.7 Å². The van der Waals surface area contributed by atoms with Crippen molar-refractivity contribution in [2.24, 2.45) is 11.8 Å². The summed E-state index contributed by atoms with van der Waals surface area (Å²) < 4.78 is 46.4. The molecule has 3 aromatic carbocycles. The number of epoxide rings is 1. The number of alkyl halides is 3. The summed E-state index contributed by atoms with van der Waals surface area (Å²) in [5, 5.41) is 11.4. The number of halogens is 3. The SMILES string of the molecule is C=C(/C=C(/C=C/c1cccc(-c2cccc(-n3ccc4cc(CN5CC[C@@H](O)C5)ccc4c3=O)c2C)c1C)CC1O[C@H]1C(F)(F)F)C1CC1C. The fraction of sp³-hybridized carbons (Fsp3) is 0.357. The first-order chi connectivity index (χ1) is 23.9. The number of aromatic nitrogens is 1. The lowest BCUT2D eigenvalue weighted by molar-refractivity contribution is -0.146. The first-order valence-corrected chi connectivity index (χ1v) is 17.4. The third-order valence-corrected chi connectivity index (χ3v) is 10.6. The van der Waals surface area contributed by atoms with Gasteiger partial charge in [0.15, 0.2) is 6.10 Å². The molecule has 2 aliphatic heterocycles. The molecule has 7 rings (SSSR count). The van der Waals surface area contributed by atoms with Crippen molar-refractivity contribution < 1.29 is 23.0 Å². The zero-order valence-electron chi connectivity index (χ0n) is 28.7. The van der Waals surface area contributed by atoms with Crippen molar-refractivity contribution >= 4 is 16.8 Å². The van der Waals surface area contributed by atoms with Crippen molar-refractivity contribution in [1.82, 2.24) is 9.47 Å². The van der Waals surface area contributed by atoms with E-state index in [4.69, 9.17) is 4.74 Å². The van der Waals surface area contributed by atoms with E-state index in [0.29, 0.717) is 23.8 Å². The van der Waals surface area contributed by atoms with E-state index < -0.39 is 18.4 Å². The van der Waals surface area contributed by atoms with Gasteiger partial charge >= 0.3 is 6.18 Å². The van der Waals surface area contributed by atoms with Gasteiger partial charge in [-0.25, -0.2) is 0 Å². The summed E-state index contributed by atoms with van der Waals surface area (Å²) in [6, 6.07) is 20.0. The topological polar surface area (TPSA) is 58.0 Å². The predicted molar refractivity (Wildman–Crippen MR) is 193 cm³/mol. The lowest BCUT2D eigenvalue weighted by Crippen LogP contribution is -2.22. The summed E-state index contributed by atoms with van der Waals surface area (Å²) in [7, 11) is 0. The predicted octanol–water partition coefficient (Wildman–Crippen LogP) is 8.71. The van der Waals surface area contributed by atoms with Gasteiger partial charge < -0.3 is 9.84 Å². The quantitative estimate of drug-likeness (QED) is 0.135. The molecule has 2 saturated heterocycles. The number of rotatable bonds is 10. The zero-order chi connectivity index (χ0) is 35.3. The van der Waals surface area contributed by atoms with Crippen molar-refractivity contribution in [2.45, 2.75) is 71.1 Å². The Morgan fingerprint density at radius 3 is 2.48 bits per heavy atom. The molecule has 3 aliphatic rings. The van der Waals surface area contributed by atoms with E-state index in [1.807, 2.05) is 80.7 Å². The van der Waals surface area contributed by atoms with Gasteiger partial charge in [0, 0.05) is 37.6 Å². The lowest BCUT2D eigenvalue weighted by Gasteiger charge is -2.17. The van der Waals surface area contributed by atoms with E-state index in [0.717, 1.165) is 81.5 Å². The molecule has 260 valence electrons. The summed E-state index contributed by atoms with van der Waals surface area (Å²) in [4.78, 5) is 16.1. The van der Waals surface area contributed by atoms with Crippen molar-refractivity contribution in [3.8, 4) is 16.8 Å². The van der Waals surface area contributed by atoms with Crippen LogP contribution in [0, 0.1) is 25.7 Å². The van der Waals surface area contributed by atoms with Gasteiger partial charge in [0.05, 0.1) is 17.9 Å². The maximum Gasteiger partial charge on any atom is 0.417 e. The Hall–Kier alpha value is -4.24. The Kier molecular flexibility index (Phi) is 9.22. The Bertz CT molecular complexity index is 2080. The number of pyridine rings is 1. The van der Waals surface area contributed by atoms with Gasteiger partial charge in [0.1, 0.15) is 0 Å². The zero-order valence-corrected chi connectivity index (χ0v) is 28.7. The Morgan fingerprint density at radius 1 is 1.06 bits per heavy atom. The van der Waals surface area contributed by atoms with Crippen molar-refractivity contribution in [2.75, 3.05) is 13.1 Å². The van der Waals surface area contributed by atoms with Crippen LogP contribution < -0.4 is 5.56 Å². The molecule has 0 amide bonds. The van der Waals surface area contributed by atoms with Gasteiger partial charge in [-0.2, -0.15) is 13.2 Å². The highest BCUT2D eigenvalue weighted by Gasteiger charge is 2.57. The van der Waals surface area contributed by atoms with Crippen LogP contribution in [0.5, 0.6) is 0 Å². The van der Waals surface area contributed by atoms with Crippen LogP contribution in [0.2, 0.25) is 0 Å². The summed E-state index contributed by atoms with van der Waals surface area (Å²) >= 11 is 0. The molecule has 4 aromatic rings. The molecule has 5 nitrogen and oxygen atoms in total. The molecule has 1 saturated carbocycles. The highest BCUT2D eigenvalue weighted by atomic mass is 19.4. The van der Waals surface area contributed by atoms with Gasteiger partial charge in [-0.15, -0.1) is 0 Å². The first kappa shape index (κ1) is 34.2. The molecule has 3 fully saturated rings. The van der Waals surface area contributed by atoms with E-state index in [9.17, 15) is 23.1 Å². The molecule has 8 heteroatoms. The van der Waals surface area contributed by atoms with Crippen LogP contribution in [0.4, 0.5) is 13.2 Å². The molecule has 1 N–H and O–H groups in total. The highest BCUT2D eigenvalue weighted by molar-refractivity contribution is 5.83. The largest absolute Gasteiger partial charge is 0.417 e. The smallest absolute Gasteiger partial charge is 0.392 e. The Morgan fingerprint density at radius 2 is 1.80 bits per heavy atom. The number of allylic oxidation sites excluding steroid dienone is 3. The number of nitrogens with zero attached hydrogens (tertiary/aromatic N) is 2. The number of ether oxygens (including phenoxy) is 1. The molecular formula is C42H43F3N2O3. The van der Waals surface area contributed by atoms with Crippen LogP contribution in [0.15, 0.2) is 102 Å². The van der Waals surface area contributed by atoms with Gasteiger partial charge in [-0.05, 0) is 107 Å². The second-order valence-electron chi connectivity index (χ2n) is 14.3. The molecule has 50 heavy (non-hydrogen) atoms. The molecule has 0 radical (unpaired) electrons. The minimum atomic E-state index is -4.36. The fourth-order valence-corrected chi connectivity index (χ4v) is 7.48. The molecule has 0 spiro atoms. The molecule has 3 unspecified atom stereocenters. The summed E-state index contributed by atoms with van der Waals surface area (Å²) in [6.45, 7) is 12.7. The number of β-amino-alcohol motifs (C(OH)–C–C–N with tert-alkyl or cyclic N) is 1. The monoisotopic (exact) mass is 680 g/mol. The summed E-state index contributed by atoms with van der Waals surface area (Å²) in [5.41, 5.74) is 8.49. The van der Waals surface area contributed by atoms with Gasteiger partial charge in [0.2, 0.25) is 0 Å². The standard InChI is InChI=1S/C42H43F3N2O3/c1-25(37-20-26(37)2)19-29(22-39-40(50-39)42(43,44)45)11-13-31-7-5-8-34(27(31)3)35-9-6-10-38(28(35)4)47-18-15-32-21-30(12-14-36(32)41(47)49)23-46-17-16-33(48)24-46/h5-15,18-19,21,26,33,37,39-40,48H,1,16-17,20,22-24H2,2-4H3/b13-11+,29-19-/t26?,33-,37?,39?,40-/m1/s1. The van der Waals surface area contributed by atoms with E-state index in [1.165, 1.54) is 0 Å². The van der Waals surface area contributed by atoms with E-state index >= 15 is 0 Å². The van der Waals surface area contributed by atoms with Gasteiger partial charge in [0.25, 0.3) is 5.56 Å². The number of fused-ring (bicyclic) bond motifs is 1. The number of hydrogen-bond acceptors (Lipinski definition) is 4. The average Bonchev–Trinajstić information content (AvgIpc) is 3.98. The number of aliphatic hydroxyl groups excluding tert-OH is 1. The number of aliphatic hydroxyl groups is 1.